The molecule has 0 radical (unpaired) electrons. The number of piperidine rings is 1. The molecule has 60 heavy (non-hydrogen) atoms. The topological polar surface area (TPSA) is 134 Å². The summed E-state index contributed by atoms with van der Waals surface area (Å²) in [4.78, 5) is 63.7. The van der Waals surface area contributed by atoms with Crippen LogP contribution in [0.3, 0.4) is 0 Å². The predicted molar refractivity (Wildman–Crippen MR) is 240 cm³/mol. The Balaban J connectivity index is 1.20. The second kappa shape index (κ2) is 20.0. The molecule has 0 unspecified atom stereocenters. The van der Waals surface area contributed by atoms with Gasteiger partial charge < -0.3 is 39.7 Å². The first-order chi connectivity index (χ1) is 29.3. The largest absolute Gasteiger partial charge is 0.494 e. The van der Waals surface area contributed by atoms with Gasteiger partial charge in [0.2, 0.25) is 5.88 Å². The summed E-state index contributed by atoms with van der Waals surface area (Å²) in [5.74, 6) is -0.121. The average molecular weight is 829 g/mol. The van der Waals surface area contributed by atoms with Crippen molar-refractivity contribution in [2.45, 2.75) is 58.0 Å². The lowest BCUT2D eigenvalue weighted by Gasteiger charge is -2.32. The lowest BCUT2D eigenvalue weighted by molar-refractivity contribution is 0.0369. The van der Waals surface area contributed by atoms with E-state index in [0.717, 1.165) is 124 Å². The molecule has 15 heteroatoms. The van der Waals surface area contributed by atoms with Crippen LogP contribution in [0.4, 0.5) is 5.69 Å². The highest BCUT2D eigenvalue weighted by Gasteiger charge is 2.29. The molecular weight excluding hydrogens is 761 g/mol. The number of hydrogen-bond acceptors (Lipinski definition) is 13. The van der Waals surface area contributed by atoms with Gasteiger partial charge in [0.15, 0.2) is 0 Å². The first-order valence-electron chi connectivity index (χ1n) is 22.9. The summed E-state index contributed by atoms with van der Waals surface area (Å²) in [6, 6.07) is 3.63. The first-order valence-corrected chi connectivity index (χ1v) is 22.9. The summed E-state index contributed by atoms with van der Waals surface area (Å²) < 4.78 is 8.45. The number of likely N-dealkylation sites (tertiary alicyclic amines) is 1. The van der Waals surface area contributed by atoms with Gasteiger partial charge >= 0.3 is 0 Å². The highest BCUT2D eigenvalue weighted by Crippen LogP contribution is 2.40. The van der Waals surface area contributed by atoms with Crippen molar-refractivity contribution in [2.75, 3.05) is 150 Å². The van der Waals surface area contributed by atoms with Crippen LogP contribution in [0, 0.1) is 0 Å². The normalized spacial score (nSPS) is 20.4. The van der Waals surface area contributed by atoms with Crippen LogP contribution in [0.15, 0.2) is 31.5 Å². The second-order valence-electron chi connectivity index (χ2n) is 17.8. The number of likely N-dealkylation sites (N-methyl/N-ethyl adjacent to an activating group) is 2. The quantitative estimate of drug-likeness (QED) is 0.118. The molecule has 8 rings (SSSR count). The van der Waals surface area contributed by atoms with Crippen molar-refractivity contribution in [3.63, 3.8) is 0 Å². The van der Waals surface area contributed by atoms with Crippen LogP contribution in [-0.4, -0.2) is 189 Å². The van der Waals surface area contributed by atoms with Crippen LogP contribution in [-0.2, 0) is 17.8 Å². The fourth-order valence-corrected chi connectivity index (χ4v) is 9.90. The zero-order valence-corrected chi connectivity index (χ0v) is 36.3. The lowest BCUT2D eigenvalue weighted by atomic mass is 9.89. The van der Waals surface area contributed by atoms with Crippen LogP contribution in [0.2, 0.25) is 0 Å². The molecule has 0 saturated carbocycles. The number of pyridine rings is 2. The number of hydrogen-bond donors (Lipinski definition) is 2. The van der Waals surface area contributed by atoms with Crippen molar-refractivity contribution in [3.05, 3.63) is 48.6 Å². The van der Waals surface area contributed by atoms with Gasteiger partial charge in [-0.05, 0) is 97.5 Å². The van der Waals surface area contributed by atoms with Gasteiger partial charge in [-0.3, -0.25) is 33.4 Å². The maximum Gasteiger partial charge on any atom is 0.263 e. The van der Waals surface area contributed by atoms with Crippen LogP contribution in [0.5, 0.6) is 5.88 Å². The maximum absolute atomic E-state index is 14.8. The third-order valence-electron chi connectivity index (χ3n) is 13.6. The van der Waals surface area contributed by atoms with Crippen molar-refractivity contribution in [3.8, 4) is 17.0 Å². The van der Waals surface area contributed by atoms with Gasteiger partial charge in [0.1, 0.15) is 0 Å². The number of piperazine rings is 2. The monoisotopic (exact) mass is 829 g/mol. The summed E-state index contributed by atoms with van der Waals surface area (Å²) >= 11 is 0. The van der Waals surface area contributed by atoms with E-state index in [0.29, 0.717) is 83.0 Å². The highest BCUT2D eigenvalue weighted by atomic mass is 16.5. The minimum Gasteiger partial charge on any atom is -0.494 e. The predicted octanol–water partition coefficient (Wildman–Crippen LogP) is 1.55. The summed E-state index contributed by atoms with van der Waals surface area (Å²) in [7, 11) is 4.31. The molecule has 0 amide bonds. The van der Waals surface area contributed by atoms with E-state index in [9.17, 15) is 19.5 Å². The number of rotatable bonds is 17. The molecule has 1 aromatic carbocycles. The fraction of sp³-hybridized carbons (Fsp3) is 0.689. The molecule has 2 aromatic rings. The number of benzene rings is 2. The van der Waals surface area contributed by atoms with Gasteiger partial charge in [0, 0.05) is 120 Å². The Morgan fingerprint density at radius 1 is 0.600 bits per heavy atom. The molecule has 15 nitrogen and oxygen atoms in total. The molecule has 328 valence electrons. The Bertz CT molecular complexity index is 2230. The molecular formula is C45H68N10O5. The number of aromatic nitrogens is 2. The Labute approximate surface area is 353 Å². The van der Waals surface area contributed by atoms with E-state index in [1.165, 1.54) is 28.4 Å². The van der Waals surface area contributed by atoms with Gasteiger partial charge in [-0.25, -0.2) is 0 Å². The molecule has 6 aliphatic rings. The summed E-state index contributed by atoms with van der Waals surface area (Å²) in [5.41, 5.74) is 0.353. The van der Waals surface area contributed by atoms with Crippen molar-refractivity contribution in [1.29, 1.82) is 0 Å². The van der Waals surface area contributed by atoms with E-state index in [2.05, 4.69) is 48.8 Å². The molecule has 2 N–H and O–H groups in total. The standard InChI is InChI=1S/C45H68N10O5/c1-48-20-24-51(25-21-48)14-6-10-46-36-33-35-39-38-34(42(56)54(44(58)40(36)38)18-8-16-50-12-4-3-5-13-50)32-37(47-11-7-15-52-26-22-49(2)23-27-52)41(39)45(59)55(43(35)57)19-9-17-53-28-30-60-31-29-53/h32-33,47,56H,3-31H2,1-2H3. The molecule has 0 bridgehead atoms. The molecule has 0 atom stereocenters. The number of nitrogens with zero attached hydrogens (tertiary/aromatic N) is 9. The van der Waals surface area contributed by atoms with E-state index < -0.39 is 0 Å². The van der Waals surface area contributed by atoms with E-state index >= 15 is 0 Å². The van der Waals surface area contributed by atoms with Crippen LogP contribution in [0.1, 0.15) is 44.9 Å². The van der Waals surface area contributed by atoms with E-state index in [1.54, 1.807) is 6.07 Å². The summed E-state index contributed by atoms with van der Waals surface area (Å²) in [5, 5.41) is 17.9. The average Bonchev–Trinajstić information content (AvgIpc) is 3.26. The van der Waals surface area contributed by atoms with E-state index in [1.807, 2.05) is 6.07 Å². The van der Waals surface area contributed by atoms with E-state index in [-0.39, 0.29) is 29.1 Å². The Morgan fingerprint density at radius 3 is 1.83 bits per heavy atom. The van der Waals surface area contributed by atoms with Crippen molar-refractivity contribution in [1.82, 2.24) is 38.5 Å². The number of anilines is 1. The molecule has 1 aromatic heterocycles. The minimum absolute atomic E-state index is 0.121. The third kappa shape index (κ3) is 9.67. The Hall–Kier alpha value is -3.70. The van der Waals surface area contributed by atoms with Gasteiger partial charge in [-0.1, -0.05) is 6.42 Å². The van der Waals surface area contributed by atoms with Gasteiger partial charge in [0.05, 0.1) is 34.9 Å². The molecule has 0 spiro atoms. The summed E-state index contributed by atoms with van der Waals surface area (Å²) in [6.45, 7) is 18.6. The first kappa shape index (κ1) is 43.0. The van der Waals surface area contributed by atoms with Crippen molar-refractivity contribution in [2.24, 2.45) is 4.99 Å². The van der Waals surface area contributed by atoms with Crippen molar-refractivity contribution >= 4 is 27.2 Å². The minimum atomic E-state index is -0.371. The SMILES string of the molecule is CN1CCN(CCCN=c2cc3c(=O)n(CCCN4CCOCC4)c(=O)c4c(NCCCN5CCN(C)CC5)cc5c(O)n(CCCN6CCCCC6)c(=O)c2c5c4-3)CC1. The highest BCUT2D eigenvalue weighted by molar-refractivity contribution is 6.18. The van der Waals surface area contributed by atoms with Crippen LogP contribution < -0.4 is 27.4 Å². The zero-order chi connectivity index (χ0) is 41.6. The number of ether oxygens (including phenoxy) is 1. The Kier molecular flexibility index (Phi) is 14.3. The van der Waals surface area contributed by atoms with Crippen LogP contribution >= 0.6 is 0 Å². The van der Waals surface area contributed by atoms with Gasteiger partial charge in [0.25, 0.3) is 16.7 Å². The van der Waals surface area contributed by atoms with Crippen LogP contribution in [0.25, 0.3) is 32.7 Å². The number of nitrogens with one attached hydrogen (secondary N) is 1. The number of aromatic hydroxyl groups is 1. The Morgan fingerprint density at radius 2 is 1.17 bits per heavy atom. The van der Waals surface area contributed by atoms with Gasteiger partial charge in [-0.15, -0.1) is 0 Å². The van der Waals surface area contributed by atoms with Crippen molar-refractivity contribution < 1.29 is 9.84 Å². The van der Waals surface area contributed by atoms with E-state index in [4.69, 9.17) is 9.73 Å². The fourth-order valence-electron chi connectivity index (χ4n) is 9.90. The van der Waals surface area contributed by atoms with Gasteiger partial charge in [-0.2, -0.15) is 0 Å². The lowest BCUT2D eigenvalue weighted by Crippen LogP contribution is -2.44. The second-order valence-corrected chi connectivity index (χ2v) is 17.8. The maximum atomic E-state index is 14.8. The third-order valence-corrected chi connectivity index (χ3v) is 13.6. The summed E-state index contributed by atoms with van der Waals surface area (Å²) in [6.07, 6.45) is 6.68. The molecule has 6 heterocycles. The molecule has 5 aliphatic heterocycles. The molecule has 4 saturated heterocycles. The zero-order valence-electron chi connectivity index (χ0n) is 36.3. The number of morpholine rings is 1. The molecule has 1 aliphatic carbocycles. The molecule has 4 fully saturated rings. The smallest absolute Gasteiger partial charge is 0.263 e.